The number of nitro groups is 1. The standard InChI is InChI=1S/C26H28ClN3O5S/c1-14-6-4-5-11-29(14)25(31)15-9-10-18-16(12-15)22-17(24(28-18)26(32)33)13-21(23(22)27)36-20-8-3-2-7-19(20)30(34)35/h2-3,7-10,12,14,17,21-24,28H,4-6,11,13H2,1H3,(H,32,33). The monoisotopic (exact) mass is 529 g/mol. The second-order valence-electron chi connectivity index (χ2n) is 9.86. The van der Waals surface area contributed by atoms with Crippen molar-refractivity contribution in [2.45, 2.75) is 66.1 Å². The molecule has 6 unspecified atom stereocenters. The molecule has 190 valence electrons. The number of hydrogen-bond donors (Lipinski definition) is 2. The van der Waals surface area contributed by atoms with Gasteiger partial charge in [-0.3, -0.25) is 14.9 Å². The maximum Gasteiger partial charge on any atom is 0.326 e. The van der Waals surface area contributed by atoms with Gasteiger partial charge in [0.15, 0.2) is 0 Å². The first-order chi connectivity index (χ1) is 17.3. The van der Waals surface area contributed by atoms with Gasteiger partial charge in [-0.2, -0.15) is 0 Å². The minimum absolute atomic E-state index is 0.0121. The Labute approximate surface area is 218 Å². The van der Waals surface area contributed by atoms with Crippen molar-refractivity contribution in [3.8, 4) is 0 Å². The van der Waals surface area contributed by atoms with Gasteiger partial charge in [0.25, 0.3) is 11.6 Å². The predicted molar refractivity (Wildman–Crippen MR) is 139 cm³/mol. The Bertz CT molecular complexity index is 1210. The van der Waals surface area contributed by atoms with Crippen LogP contribution in [-0.2, 0) is 4.79 Å². The summed E-state index contributed by atoms with van der Waals surface area (Å²) in [6.45, 7) is 2.80. The van der Waals surface area contributed by atoms with Crippen LogP contribution in [-0.4, -0.2) is 56.1 Å². The number of carboxylic acid groups (broad SMARTS) is 1. The van der Waals surface area contributed by atoms with Crippen LogP contribution >= 0.6 is 23.4 Å². The quantitative estimate of drug-likeness (QED) is 0.304. The van der Waals surface area contributed by atoms with Gasteiger partial charge >= 0.3 is 5.97 Å². The highest BCUT2D eigenvalue weighted by Crippen LogP contribution is 2.55. The average molecular weight is 530 g/mol. The number of para-hydroxylation sites is 1. The fourth-order valence-electron chi connectivity index (χ4n) is 5.93. The topological polar surface area (TPSA) is 113 Å². The van der Waals surface area contributed by atoms with E-state index in [0.717, 1.165) is 31.4 Å². The molecular formula is C26H28ClN3O5S. The van der Waals surface area contributed by atoms with E-state index in [-0.39, 0.29) is 34.7 Å². The Morgan fingerprint density at radius 3 is 2.72 bits per heavy atom. The fourth-order valence-corrected chi connectivity index (χ4v) is 7.87. The third-order valence-electron chi connectivity index (χ3n) is 7.73. The molecule has 0 radical (unpaired) electrons. The summed E-state index contributed by atoms with van der Waals surface area (Å²) in [5.41, 5.74) is 2.11. The number of thioether (sulfide) groups is 1. The van der Waals surface area contributed by atoms with Crippen LogP contribution in [0.2, 0.25) is 0 Å². The zero-order valence-electron chi connectivity index (χ0n) is 19.8. The number of likely N-dealkylation sites (tertiary alicyclic amines) is 1. The minimum atomic E-state index is -0.960. The third-order valence-corrected chi connectivity index (χ3v) is 9.84. The van der Waals surface area contributed by atoms with Gasteiger partial charge in [0.05, 0.1) is 15.2 Å². The fraction of sp³-hybridized carbons (Fsp3) is 0.462. The lowest BCUT2D eigenvalue weighted by Gasteiger charge is -2.37. The number of anilines is 1. The van der Waals surface area contributed by atoms with Crippen molar-refractivity contribution in [2.24, 2.45) is 5.92 Å². The van der Waals surface area contributed by atoms with E-state index in [0.29, 0.717) is 22.6 Å². The molecule has 10 heteroatoms. The number of amides is 1. The molecule has 2 N–H and O–H groups in total. The van der Waals surface area contributed by atoms with Crippen molar-refractivity contribution in [1.29, 1.82) is 0 Å². The van der Waals surface area contributed by atoms with Crippen LogP contribution < -0.4 is 5.32 Å². The molecule has 2 aromatic rings. The van der Waals surface area contributed by atoms with Crippen LogP contribution in [0.15, 0.2) is 47.4 Å². The van der Waals surface area contributed by atoms with Crippen molar-refractivity contribution in [3.05, 3.63) is 63.7 Å². The van der Waals surface area contributed by atoms with Crippen molar-refractivity contribution in [2.75, 3.05) is 11.9 Å². The number of piperidine rings is 1. The van der Waals surface area contributed by atoms with Crippen molar-refractivity contribution in [3.63, 3.8) is 0 Å². The van der Waals surface area contributed by atoms with Gasteiger partial charge in [-0.1, -0.05) is 12.1 Å². The molecule has 0 aromatic heterocycles. The number of aliphatic carboxylic acids is 1. The molecule has 2 aromatic carbocycles. The molecule has 5 rings (SSSR count). The molecule has 2 heterocycles. The SMILES string of the molecule is CC1CCCCN1C(=O)c1ccc2c(c1)C1C(Cl)C(Sc3ccccc3[N+](=O)[O-])CC1C(C(=O)O)N2. The summed E-state index contributed by atoms with van der Waals surface area (Å²) in [7, 11) is 0. The Kier molecular flexibility index (Phi) is 6.87. The van der Waals surface area contributed by atoms with E-state index >= 15 is 0 Å². The molecule has 3 aliphatic rings. The van der Waals surface area contributed by atoms with E-state index in [9.17, 15) is 24.8 Å². The maximum absolute atomic E-state index is 13.4. The predicted octanol–water partition coefficient (Wildman–Crippen LogP) is 5.36. The average Bonchev–Trinajstić information content (AvgIpc) is 3.19. The summed E-state index contributed by atoms with van der Waals surface area (Å²) in [6, 6.07) is 11.3. The number of fused-ring (bicyclic) bond motifs is 3. The van der Waals surface area contributed by atoms with E-state index in [1.54, 1.807) is 30.3 Å². The van der Waals surface area contributed by atoms with Crippen molar-refractivity contribution >= 4 is 46.6 Å². The summed E-state index contributed by atoms with van der Waals surface area (Å²) < 4.78 is 0. The number of carbonyl (C=O) groups excluding carboxylic acids is 1. The number of alkyl halides is 1. The second-order valence-corrected chi connectivity index (χ2v) is 11.6. The summed E-state index contributed by atoms with van der Waals surface area (Å²) in [5, 5.41) is 24.0. The Balaban J connectivity index is 1.48. The largest absolute Gasteiger partial charge is 0.480 e. The minimum Gasteiger partial charge on any atom is -0.480 e. The molecule has 2 fully saturated rings. The zero-order chi connectivity index (χ0) is 25.6. The molecule has 1 amide bonds. The molecule has 0 bridgehead atoms. The number of carboxylic acids is 1. The van der Waals surface area contributed by atoms with E-state index in [1.807, 2.05) is 11.0 Å². The Hall–Kier alpha value is -2.78. The number of nitro benzene ring substituents is 1. The molecule has 1 saturated carbocycles. The molecular weight excluding hydrogens is 502 g/mol. The smallest absolute Gasteiger partial charge is 0.326 e. The number of hydrogen-bond acceptors (Lipinski definition) is 6. The number of nitrogens with zero attached hydrogens (tertiary/aromatic N) is 2. The molecule has 1 saturated heterocycles. The molecule has 6 atom stereocenters. The molecule has 0 spiro atoms. The van der Waals surface area contributed by atoms with Gasteiger partial charge in [0.1, 0.15) is 6.04 Å². The van der Waals surface area contributed by atoms with E-state index in [4.69, 9.17) is 11.6 Å². The summed E-state index contributed by atoms with van der Waals surface area (Å²) >= 11 is 8.36. The first-order valence-corrected chi connectivity index (χ1v) is 13.6. The van der Waals surface area contributed by atoms with Crippen molar-refractivity contribution < 1.29 is 19.6 Å². The van der Waals surface area contributed by atoms with E-state index in [1.165, 1.54) is 17.8 Å². The number of rotatable bonds is 5. The number of carbonyl (C=O) groups is 2. The molecule has 36 heavy (non-hydrogen) atoms. The lowest BCUT2D eigenvalue weighted by molar-refractivity contribution is -0.387. The van der Waals surface area contributed by atoms with Crippen LogP contribution in [0.3, 0.4) is 0 Å². The Morgan fingerprint density at radius 1 is 1.22 bits per heavy atom. The molecule has 8 nitrogen and oxygen atoms in total. The van der Waals surface area contributed by atoms with Gasteiger partial charge < -0.3 is 15.3 Å². The molecule has 2 aliphatic heterocycles. The number of benzene rings is 2. The lowest BCUT2D eigenvalue weighted by Crippen LogP contribution is -2.43. The van der Waals surface area contributed by atoms with Gasteiger partial charge in [-0.05, 0) is 68.4 Å². The van der Waals surface area contributed by atoms with Gasteiger partial charge in [-0.15, -0.1) is 23.4 Å². The first-order valence-electron chi connectivity index (χ1n) is 12.2. The Morgan fingerprint density at radius 2 is 2.00 bits per heavy atom. The van der Waals surface area contributed by atoms with Crippen LogP contribution in [0.25, 0.3) is 0 Å². The highest BCUT2D eigenvalue weighted by Gasteiger charge is 2.52. The van der Waals surface area contributed by atoms with Gasteiger partial charge in [-0.25, -0.2) is 4.79 Å². The van der Waals surface area contributed by atoms with Crippen LogP contribution in [0, 0.1) is 16.0 Å². The summed E-state index contributed by atoms with van der Waals surface area (Å²) in [5.74, 6) is -1.58. The molecule has 1 aliphatic carbocycles. The van der Waals surface area contributed by atoms with Crippen molar-refractivity contribution in [1.82, 2.24) is 4.90 Å². The number of nitrogens with one attached hydrogen (secondary N) is 1. The normalized spacial score (nSPS) is 29.1. The number of halogens is 1. The van der Waals surface area contributed by atoms with Crippen LogP contribution in [0.1, 0.15) is 54.4 Å². The van der Waals surface area contributed by atoms with E-state index < -0.39 is 22.3 Å². The highest BCUT2D eigenvalue weighted by molar-refractivity contribution is 8.00. The summed E-state index contributed by atoms with van der Waals surface area (Å²) in [4.78, 5) is 39.1. The van der Waals surface area contributed by atoms with Gasteiger partial charge in [0.2, 0.25) is 0 Å². The zero-order valence-corrected chi connectivity index (χ0v) is 21.4. The lowest BCUT2D eigenvalue weighted by atomic mass is 9.79. The highest BCUT2D eigenvalue weighted by atomic mass is 35.5. The maximum atomic E-state index is 13.4. The van der Waals surface area contributed by atoms with Crippen LogP contribution in [0.4, 0.5) is 11.4 Å². The second kappa shape index (κ2) is 9.94. The van der Waals surface area contributed by atoms with Crippen LogP contribution in [0.5, 0.6) is 0 Å². The summed E-state index contributed by atoms with van der Waals surface area (Å²) in [6.07, 6.45) is 3.57. The first kappa shape index (κ1) is 24.9. The van der Waals surface area contributed by atoms with Gasteiger partial charge in [0, 0.05) is 41.1 Å². The third kappa shape index (κ3) is 4.43. The van der Waals surface area contributed by atoms with E-state index in [2.05, 4.69) is 12.2 Å².